The predicted molar refractivity (Wildman–Crippen MR) is 105 cm³/mol. The highest BCUT2D eigenvalue weighted by atomic mass is 32.1. The number of anilines is 1. The molecule has 134 valence electrons. The molecule has 3 aromatic rings. The van der Waals surface area contributed by atoms with Crippen molar-refractivity contribution in [2.75, 3.05) is 25.5 Å². The van der Waals surface area contributed by atoms with E-state index in [2.05, 4.69) is 10.4 Å². The maximum atomic E-state index is 12.5. The Labute approximate surface area is 156 Å². The van der Waals surface area contributed by atoms with E-state index >= 15 is 0 Å². The number of fused-ring (bicyclic) bond motifs is 1. The van der Waals surface area contributed by atoms with Crippen LogP contribution in [0.15, 0.2) is 36.4 Å². The number of imidazole rings is 1. The summed E-state index contributed by atoms with van der Waals surface area (Å²) in [5, 5.41) is 8.40. The van der Waals surface area contributed by atoms with Crippen molar-refractivity contribution in [3.8, 4) is 11.3 Å². The van der Waals surface area contributed by atoms with Crippen molar-refractivity contribution in [3.05, 3.63) is 42.1 Å². The van der Waals surface area contributed by atoms with Crippen molar-refractivity contribution in [3.63, 3.8) is 0 Å². The molecule has 1 amide bonds. The Morgan fingerprint density at radius 1 is 1.19 bits per heavy atom. The maximum Gasteiger partial charge on any atom is 0.246 e. The molecule has 0 atom stereocenters. The molecule has 3 heterocycles. The minimum Gasteiger partial charge on any atom is -0.363 e. The molecule has 0 saturated carbocycles. The highest BCUT2D eigenvalue weighted by molar-refractivity contribution is 7.20. The summed E-state index contributed by atoms with van der Waals surface area (Å²) in [6.07, 6.45) is 6.88. The number of aromatic nitrogens is 3. The topological polar surface area (TPSA) is 62.5 Å². The van der Waals surface area contributed by atoms with Crippen molar-refractivity contribution >= 4 is 33.4 Å². The fraction of sp³-hybridized carbons (Fsp3) is 0.316. The van der Waals surface area contributed by atoms with Crippen LogP contribution >= 0.6 is 11.3 Å². The molecule has 7 heteroatoms. The molecule has 1 fully saturated rings. The van der Waals surface area contributed by atoms with E-state index in [1.807, 2.05) is 48.4 Å². The van der Waals surface area contributed by atoms with Gasteiger partial charge in [-0.05, 0) is 25.3 Å². The number of carbonyl (C=O) groups is 1. The molecular formula is C19H21N5OS. The first-order chi connectivity index (χ1) is 12.8. The van der Waals surface area contributed by atoms with E-state index in [0.717, 1.165) is 53.0 Å². The zero-order valence-electron chi connectivity index (χ0n) is 14.7. The SMILES string of the molecule is CNc1nn2c(/C=C/C(=O)N3CCCCC3)c(-c3ccccc3)nc2s1. The molecule has 0 aliphatic carbocycles. The van der Waals surface area contributed by atoms with Crippen LogP contribution in [0, 0.1) is 0 Å². The lowest BCUT2D eigenvalue weighted by Crippen LogP contribution is -2.34. The van der Waals surface area contributed by atoms with Crippen LogP contribution in [0.2, 0.25) is 0 Å². The van der Waals surface area contributed by atoms with Crippen LogP contribution in [-0.4, -0.2) is 45.5 Å². The molecule has 1 aliphatic heterocycles. The van der Waals surface area contributed by atoms with E-state index in [9.17, 15) is 4.79 Å². The van der Waals surface area contributed by atoms with Crippen molar-refractivity contribution < 1.29 is 4.79 Å². The molecular weight excluding hydrogens is 346 g/mol. The number of piperidine rings is 1. The molecule has 0 bridgehead atoms. The Morgan fingerprint density at radius 3 is 2.69 bits per heavy atom. The van der Waals surface area contributed by atoms with Gasteiger partial charge < -0.3 is 10.2 Å². The standard InChI is InChI=1S/C19H21N5OS/c1-20-18-22-24-15(10-11-16(25)23-12-6-3-7-13-23)17(21-19(24)26-18)14-8-4-2-5-9-14/h2,4-5,8-11H,3,6-7,12-13H2,1H3,(H,20,22)/b11-10+. The van der Waals surface area contributed by atoms with E-state index in [4.69, 9.17) is 4.98 Å². The van der Waals surface area contributed by atoms with Gasteiger partial charge in [0.15, 0.2) is 0 Å². The second kappa shape index (κ2) is 7.29. The van der Waals surface area contributed by atoms with Crippen LogP contribution in [0.3, 0.4) is 0 Å². The van der Waals surface area contributed by atoms with Gasteiger partial charge in [-0.2, -0.15) is 0 Å². The summed E-state index contributed by atoms with van der Waals surface area (Å²) in [6.45, 7) is 1.69. The number of nitrogens with one attached hydrogen (secondary N) is 1. The Balaban J connectivity index is 1.72. The van der Waals surface area contributed by atoms with Crippen LogP contribution in [0.4, 0.5) is 5.13 Å². The minimum atomic E-state index is 0.0581. The van der Waals surface area contributed by atoms with Gasteiger partial charge in [0.2, 0.25) is 16.0 Å². The molecule has 1 aliphatic rings. The smallest absolute Gasteiger partial charge is 0.246 e. The maximum absolute atomic E-state index is 12.5. The molecule has 2 aromatic heterocycles. The van der Waals surface area contributed by atoms with Crippen molar-refractivity contribution in [1.29, 1.82) is 0 Å². The summed E-state index contributed by atoms with van der Waals surface area (Å²) in [5.41, 5.74) is 2.69. The lowest BCUT2D eigenvalue weighted by Gasteiger charge is -2.25. The average Bonchev–Trinajstić information content (AvgIpc) is 3.25. The van der Waals surface area contributed by atoms with E-state index in [1.165, 1.54) is 17.8 Å². The van der Waals surface area contributed by atoms with E-state index in [0.29, 0.717) is 0 Å². The summed E-state index contributed by atoms with van der Waals surface area (Å²) >= 11 is 1.49. The first kappa shape index (κ1) is 16.8. The van der Waals surface area contributed by atoms with Crippen molar-refractivity contribution in [2.45, 2.75) is 19.3 Å². The second-order valence-corrected chi connectivity index (χ2v) is 7.24. The lowest BCUT2D eigenvalue weighted by atomic mass is 10.1. The fourth-order valence-electron chi connectivity index (χ4n) is 3.19. The zero-order valence-corrected chi connectivity index (χ0v) is 15.5. The highest BCUT2D eigenvalue weighted by Gasteiger charge is 2.18. The van der Waals surface area contributed by atoms with Crippen LogP contribution in [0.25, 0.3) is 22.3 Å². The van der Waals surface area contributed by atoms with Crippen LogP contribution in [0.1, 0.15) is 25.0 Å². The number of amides is 1. The highest BCUT2D eigenvalue weighted by Crippen LogP contribution is 2.29. The lowest BCUT2D eigenvalue weighted by molar-refractivity contribution is -0.126. The third-order valence-electron chi connectivity index (χ3n) is 4.55. The van der Waals surface area contributed by atoms with Gasteiger partial charge in [0.25, 0.3) is 0 Å². The summed E-state index contributed by atoms with van der Waals surface area (Å²) in [4.78, 5) is 20.0. The minimum absolute atomic E-state index is 0.0581. The summed E-state index contributed by atoms with van der Waals surface area (Å²) in [6, 6.07) is 10.0. The van der Waals surface area contributed by atoms with Gasteiger partial charge in [-0.3, -0.25) is 4.79 Å². The Morgan fingerprint density at radius 2 is 1.96 bits per heavy atom. The summed E-state index contributed by atoms with van der Waals surface area (Å²) in [7, 11) is 1.84. The Kier molecular flexibility index (Phi) is 4.71. The summed E-state index contributed by atoms with van der Waals surface area (Å²) < 4.78 is 1.80. The molecule has 1 N–H and O–H groups in total. The van der Waals surface area contributed by atoms with Gasteiger partial charge in [-0.15, -0.1) is 5.10 Å². The first-order valence-corrected chi connectivity index (χ1v) is 9.67. The zero-order chi connectivity index (χ0) is 17.9. The number of likely N-dealkylation sites (tertiary alicyclic amines) is 1. The predicted octanol–water partition coefficient (Wildman–Crippen LogP) is 3.53. The monoisotopic (exact) mass is 367 g/mol. The van der Waals surface area contributed by atoms with Crippen molar-refractivity contribution in [1.82, 2.24) is 19.5 Å². The average molecular weight is 367 g/mol. The largest absolute Gasteiger partial charge is 0.363 e. The Bertz CT molecular complexity index is 938. The van der Waals surface area contributed by atoms with Gasteiger partial charge in [-0.1, -0.05) is 41.7 Å². The van der Waals surface area contributed by atoms with Gasteiger partial charge in [-0.25, -0.2) is 9.50 Å². The summed E-state index contributed by atoms with van der Waals surface area (Å²) in [5.74, 6) is 0.0581. The van der Waals surface area contributed by atoms with Gasteiger partial charge in [0, 0.05) is 31.8 Å². The molecule has 0 radical (unpaired) electrons. The number of nitrogens with zero attached hydrogens (tertiary/aromatic N) is 4. The number of hydrogen-bond donors (Lipinski definition) is 1. The van der Waals surface area contributed by atoms with E-state index < -0.39 is 0 Å². The number of hydrogen-bond acceptors (Lipinski definition) is 5. The molecule has 1 saturated heterocycles. The molecule has 26 heavy (non-hydrogen) atoms. The third-order valence-corrected chi connectivity index (χ3v) is 5.48. The fourth-order valence-corrected chi connectivity index (χ4v) is 3.95. The molecule has 4 rings (SSSR count). The Hall–Kier alpha value is -2.67. The number of rotatable bonds is 4. The van der Waals surface area contributed by atoms with Gasteiger partial charge in [0.1, 0.15) is 0 Å². The molecule has 0 unspecified atom stereocenters. The van der Waals surface area contributed by atoms with Crippen LogP contribution in [-0.2, 0) is 4.79 Å². The van der Waals surface area contributed by atoms with Gasteiger partial charge in [0.05, 0.1) is 11.4 Å². The van der Waals surface area contributed by atoms with E-state index in [-0.39, 0.29) is 5.91 Å². The third kappa shape index (κ3) is 3.22. The van der Waals surface area contributed by atoms with Gasteiger partial charge >= 0.3 is 0 Å². The number of carbonyl (C=O) groups excluding carboxylic acids is 1. The van der Waals surface area contributed by atoms with Crippen LogP contribution < -0.4 is 5.32 Å². The quantitative estimate of drug-likeness (QED) is 0.717. The number of benzene rings is 1. The van der Waals surface area contributed by atoms with Crippen LogP contribution in [0.5, 0.6) is 0 Å². The molecule has 1 aromatic carbocycles. The molecule has 6 nitrogen and oxygen atoms in total. The first-order valence-electron chi connectivity index (χ1n) is 8.86. The second-order valence-electron chi connectivity index (χ2n) is 6.28. The van der Waals surface area contributed by atoms with E-state index in [1.54, 1.807) is 10.6 Å². The molecule has 0 spiro atoms. The normalized spacial score (nSPS) is 15.0. The van der Waals surface area contributed by atoms with Crippen molar-refractivity contribution in [2.24, 2.45) is 0 Å².